The van der Waals surface area contributed by atoms with Gasteiger partial charge in [0.25, 0.3) is 0 Å². The Morgan fingerprint density at radius 2 is 2.10 bits per heavy atom. The Morgan fingerprint density at radius 1 is 1.35 bits per heavy atom. The molecule has 2 rings (SSSR count). The Bertz CT molecular complexity index is 692. The van der Waals surface area contributed by atoms with Gasteiger partial charge in [-0.25, -0.2) is 18.1 Å². The van der Waals surface area contributed by atoms with Crippen LogP contribution in [0.3, 0.4) is 0 Å². The fraction of sp³-hybridized carbons (Fsp3) is 0.385. The molecule has 0 radical (unpaired) electrons. The molecule has 1 heterocycles. The van der Waals surface area contributed by atoms with Crippen LogP contribution in [0.4, 0.5) is 5.69 Å². The Balaban J connectivity index is 2.27. The van der Waals surface area contributed by atoms with Crippen molar-refractivity contribution in [2.45, 2.75) is 31.0 Å². The molecular weight excluding hydrogens is 276 g/mol. The van der Waals surface area contributed by atoms with Gasteiger partial charge in [0, 0.05) is 12.2 Å². The molecule has 0 spiro atoms. The molecule has 20 heavy (non-hydrogen) atoms. The third-order valence-electron chi connectivity index (χ3n) is 2.77. The second kappa shape index (κ2) is 5.62. The summed E-state index contributed by atoms with van der Waals surface area (Å²) in [6.07, 6.45) is 1.38. The number of rotatable bonds is 5. The van der Waals surface area contributed by atoms with E-state index in [1.54, 1.807) is 16.8 Å². The average molecular weight is 294 g/mol. The molecule has 2 N–H and O–H groups in total. The van der Waals surface area contributed by atoms with E-state index in [-0.39, 0.29) is 10.6 Å². The van der Waals surface area contributed by atoms with Crippen LogP contribution in [0, 0.1) is 5.92 Å². The summed E-state index contributed by atoms with van der Waals surface area (Å²) < 4.78 is 26.3. The van der Waals surface area contributed by atoms with Crippen molar-refractivity contribution >= 4 is 15.5 Å². The van der Waals surface area contributed by atoms with E-state index in [1.165, 1.54) is 18.5 Å². The minimum Gasteiger partial charge on any atom is -0.399 e. The van der Waals surface area contributed by atoms with E-state index in [4.69, 9.17) is 5.73 Å². The number of nitrogens with zero attached hydrogens (tertiary/aromatic N) is 3. The smallest absolute Gasteiger partial charge is 0.185 e. The first kappa shape index (κ1) is 14.5. The first-order valence-corrected chi connectivity index (χ1v) is 7.98. The zero-order chi connectivity index (χ0) is 14.8. The van der Waals surface area contributed by atoms with Crippen LogP contribution in [-0.4, -0.2) is 23.2 Å². The molecule has 0 bridgehead atoms. The quantitative estimate of drug-likeness (QED) is 0.844. The maximum atomic E-state index is 12.4. The monoisotopic (exact) mass is 294 g/mol. The van der Waals surface area contributed by atoms with Crippen molar-refractivity contribution in [1.29, 1.82) is 0 Å². The summed E-state index contributed by atoms with van der Waals surface area (Å²) in [5.41, 5.74) is 6.05. The highest BCUT2D eigenvalue weighted by atomic mass is 32.2. The molecule has 7 heteroatoms. The van der Waals surface area contributed by atoms with E-state index in [1.807, 2.05) is 13.8 Å². The molecule has 0 aliphatic carbocycles. The molecule has 108 valence electrons. The topological polar surface area (TPSA) is 90.9 Å². The van der Waals surface area contributed by atoms with Crippen molar-refractivity contribution in [1.82, 2.24) is 14.8 Å². The highest BCUT2D eigenvalue weighted by Crippen LogP contribution is 2.18. The molecule has 1 aromatic carbocycles. The summed E-state index contributed by atoms with van der Waals surface area (Å²) in [5.74, 6) is 0.634. The van der Waals surface area contributed by atoms with E-state index < -0.39 is 9.84 Å². The van der Waals surface area contributed by atoms with Gasteiger partial charge in [-0.1, -0.05) is 19.9 Å². The number of sulfone groups is 1. The van der Waals surface area contributed by atoms with Gasteiger partial charge in [-0.3, -0.25) is 0 Å². The number of hydrogen-bond donors (Lipinski definition) is 1. The molecule has 0 amide bonds. The molecule has 0 aliphatic rings. The lowest BCUT2D eigenvalue weighted by Crippen LogP contribution is -2.14. The van der Waals surface area contributed by atoms with Gasteiger partial charge in [0.15, 0.2) is 9.84 Å². The Labute approximate surface area is 118 Å². The van der Waals surface area contributed by atoms with Crippen molar-refractivity contribution < 1.29 is 8.42 Å². The zero-order valence-corrected chi connectivity index (χ0v) is 12.3. The van der Waals surface area contributed by atoms with Gasteiger partial charge in [-0.05, 0) is 24.1 Å². The highest BCUT2D eigenvalue weighted by molar-refractivity contribution is 7.90. The molecule has 0 aliphatic heterocycles. The third-order valence-corrected chi connectivity index (χ3v) is 4.38. The van der Waals surface area contributed by atoms with Gasteiger partial charge in [-0.15, -0.1) is 0 Å². The lowest BCUT2D eigenvalue weighted by atomic mass is 10.2. The highest BCUT2D eigenvalue weighted by Gasteiger charge is 2.19. The zero-order valence-electron chi connectivity index (χ0n) is 11.5. The van der Waals surface area contributed by atoms with Crippen LogP contribution >= 0.6 is 0 Å². The van der Waals surface area contributed by atoms with E-state index in [0.29, 0.717) is 24.0 Å². The predicted molar refractivity (Wildman–Crippen MR) is 76.6 cm³/mol. The van der Waals surface area contributed by atoms with E-state index in [9.17, 15) is 8.42 Å². The van der Waals surface area contributed by atoms with Crippen LogP contribution < -0.4 is 5.73 Å². The summed E-state index contributed by atoms with van der Waals surface area (Å²) in [6, 6.07) is 6.27. The number of hydrogen-bond acceptors (Lipinski definition) is 5. The molecule has 0 saturated carbocycles. The van der Waals surface area contributed by atoms with Crippen LogP contribution in [0.5, 0.6) is 0 Å². The van der Waals surface area contributed by atoms with Gasteiger partial charge in [0.2, 0.25) is 0 Å². The minimum absolute atomic E-state index is 0.177. The largest absolute Gasteiger partial charge is 0.399 e. The number of nitrogen functional groups attached to an aromatic ring is 1. The van der Waals surface area contributed by atoms with E-state index >= 15 is 0 Å². The first-order valence-electron chi connectivity index (χ1n) is 6.33. The lowest BCUT2D eigenvalue weighted by Gasteiger charge is -2.09. The molecule has 0 fully saturated rings. The third kappa shape index (κ3) is 3.36. The summed E-state index contributed by atoms with van der Waals surface area (Å²) in [4.78, 5) is 4.25. The Hall–Kier alpha value is -1.89. The lowest BCUT2D eigenvalue weighted by molar-refractivity contribution is 0.470. The van der Waals surface area contributed by atoms with Gasteiger partial charge in [0.1, 0.15) is 17.9 Å². The Morgan fingerprint density at radius 3 is 2.75 bits per heavy atom. The second-order valence-corrected chi connectivity index (χ2v) is 7.07. The molecular formula is C13H18N4O2S. The predicted octanol–water partition coefficient (Wildman–Crippen LogP) is 1.49. The van der Waals surface area contributed by atoms with E-state index in [2.05, 4.69) is 10.1 Å². The van der Waals surface area contributed by atoms with Crippen molar-refractivity contribution in [3.63, 3.8) is 0 Å². The standard InChI is InChI=1S/C13H18N4O2S/c1-10(2)7-17-13(15-9-16-17)8-20(18,19)12-5-3-4-11(14)6-12/h3-6,9-10H,7-8,14H2,1-2H3. The van der Waals surface area contributed by atoms with Gasteiger partial charge in [-0.2, -0.15) is 5.10 Å². The maximum Gasteiger partial charge on any atom is 0.185 e. The maximum absolute atomic E-state index is 12.4. The van der Waals surface area contributed by atoms with Crippen LogP contribution in [0.15, 0.2) is 35.5 Å². The number of benzene rings is 1. The molecule has 0 unspecified atom stereocenters. The first-order chi connectivity index (χ1) is 9.38. The van der Waals surface area contributed by atoms with Crippen LogP contribution in [-0.2, 0) is 22.1 Å². The van der Waals surface area contributed by atoms with Crippen molar-refractivity contribution in [3.8, 4) is 0 Å². The normalized spacial score (nSPS) is 11.9. The van der Waals surface area contributed by atoms with Crippen molar-refractivity contribution in [2.24, 2.45) is 5.92 Å². The van der Waals surface area contributed by atoms with Crippen LogP contribution in [0.2, 0.25) is 0 Å². The van der Waals surface area contributed by atoms with Gasteiger partial charge < -0.3 is 5.73 Å². The van der Waals surface area contributed by atoms with Crippen molar-refractivity contribution in [2.75, 3.05) is 5.73 Å². The van der Waals surface area contributed by atoms with E-state index in [0.717, 1.165) is 0 Å². The molecule has 0 saturated heterocycles. The van der Waals surface area contributed by atoms with Gasteiger partial charge >= 0.3 is 0 Å². The second-order valence-electron chi connectivity index (χ2n) is 5.08. The minimum atomic E-state index is -3.47. The summed E-state index contributed by atoms with van der Waals surface area (Å²) in [5, 5.41) is 4.07. The molecule has 0 atom stereocenters. The number of aromatic nitrogens is 3. The summed E-state index contributed by atoms with van der Waals surface area (Å²) >= 11 is 0. The van der Waals surface area contributed by atoms with Gasteiger partial charge in [0.05, 0.1) is 4.90 Å². The molecule has 2 aromatic rings. The fourth-order valence-corrected chi connectivity index (χ4v) is 3.19. The van der Waals surface area contributed by atoms with Crippen molar-refractivity contribution in [3.05, 3.63) is 36.4 Å². The Kier molecular flexibility index (Phi) is 4.08. The van der Waals surface area contributed by atoms with Crippen LogP contribution in [0.1, 0.15) is 19.7 Å². The SMILES string of the molecule is CC(C)Cn1ncnc1CS(=O)(=O)c1cccc(N)c1. The molecule has 6 nitrogen and oxygen atoms in total. The average Bonchev–Trinajstić information content (AvgIpc) is 2.75. The van der Waals surface area contributed by atoms with Crippen LogP contribution in [0.25, 0.3) is 0 Å². The summed E-state index contributed by atoms with van der Waals surface area (Å²) in [7, 11) is -3.47. The molecule has 1 aromatic heterocycles. The number of nitrogens with two attached hydrogens (primary N) is 1. The number of anilines is 1. The fourth-order valence-electron chi connectivity index (χ4n) is 1.86. The summed E-state index contributed by atoms with van der Waals surface area (Å²) in [6.45, 7) is 4.72.